The van der Waals surface area contributed by atoms with Crippen molar-refractivity contribution in [1.29, 1.82) is 0 Å². The van der Waals surface area contributed by atoms with E-state index in [2.05, 4.69) is 35.5 Å². The third kappa shape index (κ3) is 7.72. The van der Waals surface area contributed by atoms with Gasteiger partial charge in [0.05, 0.1) is 5.60 Å². The summed E-state index contributed by atoms with van der Waals surface area (Å²) in [5.74, 6) is 0.764. The molecule has 6 heteroatoms. The summed E-state index contributed by atoms with van der Waals surface area (Å²) in [6.07, 6.45) is 0. The van der Waals surface area contributed by atoms with Gasteiger partial charge in [0.15, 0.2) is 5.96 Å². The number of hydrogen-bond acceptors (Lipinski definition) is 2. The fraction of sp³-hybridized carbons (Fsp3) is 0.588. The van der Waals surface area contributed by atoms with Gasteiger partial charge >= 0.3 is 0 Å². The first kappa shape index (κ1) is 22.5. The van der Waals surface area contributed by atoms with E-state index < -0.39 is 0 Å². The van der Waals surface area contributed by atoms with Crippen LogP contribution >= 0.6 is 35.6 Å². The Bertz CT molecular complexity index is 518. The van der Waals surface area contributed by atoms with Crippen molar-refractivity contribution in [2.75, 3.05) is 27.2 Å². The van der Waals surface area contributed by atoms with E-state index in [1.54, 1.807) is 14.2 Å². The first-order valence-electron chi connectivity index (χ1n) is 7.46. The predicted octanol–water partition coefficient (Wildman–Crippen LogP) is 3.83. The zero-order chi connectivity index (χ0) is 16.8. The van der Waals surface area contributed by atoms with Crippen molar-refractivity contribution in [2.45, 2.75) is 38.7 Å². The Balaban J connectivity index is 0.00000484. The van der Waals surface area contributed by atoms with Crippen LogP contribution in [-0.4, -0.2) is 38.8 Å². The molecule has 0 heterocycles. The summed E-state index contributed by atoms with van der Waals surface area (Å²) < 4.78 is 5.40. The molecule has 0 spiro atoms. The van der Waals surface area contributed by atoms with Crippen LogP contribution in [0.1, 0.15) is 33.3 Å². The quantitative estimate of drug-likeness (QED) is 0.391. The van der Waals surface area contributed by atoms with Crippen LogP contribution in [-0.2, 0) is 10.2 Å². The van der Waals surface area contributed by atoms with Gasteiger partial charge in [0.2, 0.25) is 0 Å². The van der Waals surface area contributed by atoms with Gasteiger partial charge in [-0.2, -0.15) is 0 Å². The van der Waals surface area contributed by atoms with Crippen LogP contribution in [0.2, 0.25) is 5.02 Å². The fourth-order valence-electron chi connectivity index (χ4n) is 1.91. The smallest absolute Gasteiger partial charge is 0.191 e. The highest BCUT2D eigenvalue weighted by atomic mass is 127. The lowest BCUT2D eigenvalue weighted by molar-refractivity contribution is 0.0268. The number of benzene rings is 1. The van der Waals surface area contributed by atoms with E-state index in [-0.39, 0.29) is 35.0 Å². The summed E-state index contributed by atoms with van der Waals surface area (Å²) in [5, 5.41) is 7.41. The first-order valence-corrected chi connectivity index (χ1v) is 7.84. The summed E-state index contributed by atoms with van der Waals surface area (Å²) in [6.45, 7) is 9.85. The molecule has 0 aromatic heterocycles. The molecule has 0 aliphatic heterocycles. The van der Waals surface area contributed by atoms with E-state index >= 15 is 0 Å². The Morgan fingerprint density at radius 2 is 1.78 bits per heavy atom. The summed E-state index contributed by atoms with van der Waals surface area (Å²) in [4.78, 5) is 4.25. The van der Waals surface area contributed by atoms with Gasteiger partial charge in [-0.15, -0.1) is 24.0 Å². The Hall–Kier alpha value is -0.530. The van der Waals surface area contributed by atoms with Crippen molar-refractivity contribution in [3.05, 3.63) is 34.9 Å². The molecule has 0 radical (unpaired) electrons. The van der Waals surface area contributed by atoms with Gasteiger partial charge in [0, 0.05) is 37.7 Å². The van der Waals surface area contributed by atoms with E-state index in [1.807, 2.05) is 32.0 Å². The number of aliphatic imine (C=N–C) groups is 1. The number of methoxy groups -OCH3 is 1. The molecule has 1 aromatic carbocycles. The molecule has 0 fully saturated rings. The molecule has 1 aromatic rings. The van der Waals surface area contributed by atoms with E-state index in [0.717, 1.165) is 17.5 Å². The number of hydrogen-bond donors (Lipinski definition) is 2. The van der Waals surface area contributed by atoms with Crippen LogP contribution in [0.3, 0.4) is 0 Å². The first-order chi connectivity index (χ1) is 10.2. The van der Waals surface area contributed by atoms with Crippen molar-refractivity contribution in [1.82, 2.24) is 10.6 Å². The molecule has 0 bridgehead atoms. The summed E-state index contributed by atoms with van der Waals surface area (Å²) in [5.41, 5.74) is 0.902. The van der Waals surface area contributed by atoms with Crippen LogP contribution in [0.5, 0.6) is 0 Å². The van der Waals surface area contributed by atoms with Crippen LogP contribution < -0.4 is 10.6 Å². The molecule has 0 aliphatic carbocycles. The molecular formula is C17H29ClIN3O. The van der Waals surface area contributed by atoms with Gasteiger partial charge in [-0.1, -0.05) is 37.6 Å². The van der Waals surface area contributed by atoms with Gasteiger partial charge in [0.25, 0.3) is 0 Å². The van der Waals surface area contributed by atoms with Crippen molar-refractivity contribution in [2.24, 2.45) is 4.99 Å². The molecule has 132 valence electrons. The molecule has 4 nitrogen and oxygen atoms in total. The van der Waals surface area contributed by atoms with Crippen molar-refractivity contribution < 1.29 is 4.74 Å². The fourth-order valence-corrected chi connectivity index (χ4v) is 2.10. The molecule has 23 heavy (non-hydrogen) atoms. The van der Waals surface area contributed by atoms with Gasteiger partial charge in [0.1, 0.15) is 0 Å². The molecule has 0 atom stereocenters. The number of nitrogens with one attached hydrogen (secondary N) is 2. The molecule has 0 aliphatic rings. The number of rotatable bonds is 6. The summed E-state index contributed by atoms with van der Waals surface area (Å²) in [7, 11) is 3.47. The minimum atomic E-state index is -0.236. The molecule has 0 saturated heterocycles. The van der Waals surface area contributed by atoms with E-state index in [1.165, 1.54) is 5.56 Å². The number of halogens is 2. The topological polar surface area (TPSA) is 45.7 Å². The monoisotopic (exact) mass is 453 g/mol. The van der Waals surface area contributed by atoms with Crippen molar-refractivity contribution >= 4 is 41.5 Å². The Labute approximate surface area is 162 Å². The van der Waals surface area contributed by atoms with E-state index in [4.69, 9.17) is 16.3 Å². The average Bonchev–Trinajstić information content (AvgIpc) is 2.47. The standard InChI is InChI=1S/C17H28ClN3O.HI/c1-16(2,13-8-7-9-14(18)10-13)11-20-15(19-5)21-12-17(3,4)22-6;/h7-10H,11-12H2,1-6H3,(H2,19,20,21);1H. The maximum absolute atomic E-state index is 6.09. The third-order valence-corrected chi connectivity index (χ3v) is 4.00. The molecular weight excluding hydrogens is 425 g/mol. The van der Waals surface area contributed by atoms with Crippen molar-refractivity contribution in [3.8, 4) is 0 Å². The molecule has 2 N–H and O–H groups in total. The second-order valence-corrected chi connectivity index (χ2v) is 7.07. The lowest BCUT2D eigenvalue weighted by atomic mass is 9.84. The minimum absolute atomic E-state index is 0. The minimum Gasteiger partial charge on any atom is -0.377 e. The zero-order valence-corrected chi connectivity index (χ0v) is 18.0. The third-order valence-electron chi connectivity index (χ3n) is 3.76. The maximum Gasteiger partial charge on any atom is 0.191 e. The maximum atomic E-state index is 6.09. The Morgan fingerprint density at radius 3 is 2.30 bits per heavy atom. The highest BCUT2D eigenvalue weighted by Gasteiger charge is 2.22. The SMILES string of the molecule is CN=C(NCC(C)(C)OC)NCC(C)(C)c1cccc(Cl)c1.I. The predicted molar refractivity (Wildman–Crippen MR) is 110 cm³/mol. The van der Waals surface area contributed by atoms with Crippen molar-refractivity contribution in [3.63, 3.8) is 0 Å². The molecule has 1 rings (SSSR count). The highest BCUT2D eigenvalue weighted by molar-refractivity contribution is 14.0. The zero-order valence-electron chi connectivity index (χ0n) is 14.9. The second kappa shape index (κ2) is 9.69. The largest absolute Gasteiger partial charge is 0.377 e. The van der Waals surface area contributed by atoms with Gasteiger partial charge in [-0.25, -0.2) is 0 Å². The lowest BCUT2D eigenvalue weighted by Crippen LogP contribution is -2.48. The van der Waals surface area contributed by atoms with Crippen LogP contribution in [0, 0.1) is 0 Å². The average molecular weight is 454 g/mol. The van der Waals surface area contributed by atoms with E-state index in [0.29, 0.717) is 6.54 Å². The van der Waals surface area contributed by atoms with Gasteiger partial charge < -0.3 is 15.4 Å². The second-order valence-electron chi connectivity index (χ2n) is 6.64. The van der Waals surface area contributed by atoms with E-state index in [9.17, 15) is 0 Å². The normalized spacial score (nSPS) is 12.6. The summed E-state index contributed by atoms with van der Waals surface area (Å²) >= 11 is 6.09. The molecule has 0 unspecified atom stereocenters. The lowest BCUT2D eigenvalue weighted by Gasteiger charge is -2.28. The van der Waals surface area contributed by atoms with Crippen LogP contribution in [0.15, 0.2) is 29.3 Å². The Kier molecular flexibility index (Phi) is 9.47. The molecule has 0 saturated carbocycles. The van der Waals surface area contributed by atoms with Crippen LogP contribution in [0.25, 0.3) is 0 Å². The van der Waals surface area contributed by atoms with Crippen LogP contribution in [0.4, 0.5) is 0 Å². The summed E-state index contributed by atoms with van der Waals surface area (Å²) in [6, 6.07) is 7.97. The van der Waals surface area contributed by atoms with Gasteiger partial charge in [-0.05, 0) is 31.5 Å². The number of nitrogens with zero attached hydrogens (tertiary/aromatic N) is 1. The number of guanidine groups is 1. The Morgan fingerprint density at radius 1 is 1.17 bits per heavy atom. The highest BCUT2D eigenvalue weighted by Crippen LogP contribution is 2.24. The molecule has 0 amide bonds. The number of ether oxygens (including phenoxy) is 1. The van der Waals surface area contributed by atoms with Gasteiger partial charge in [-0.3, -0.25) is 4.99 Å².